The van der Waals surface area contributed by atoms with Gasteiger partial charge in [-0.3, -0.25) is 19.8 Å². The Balaban J connectivity index is 1.38. The number of benzene rings is 1. The highest BCUT2D eigenvalue weighted by molar-refractivity contribution is 5.82. The van der Waals surface area contributed by atoms with Crippen molar-refractivity contribution < 1.29 is 14.5 Å². The van der Waals surface area contributed by atoms with Crippen molar-refractivity contribution in [2.45, 2.75) is 63.1 Å². The number of carbonyl (C=O) groups excluding carboxylic acids is 1. The van der Waals surface area contributed by atoms with Gasteiger partial charge >= 0.3 is 0 Å². The van der Waals surface area contributed by atoms with Crippen LogP contribution in [0.5, 0.6) is 0 Å². The van der Waals surface area contributed by atoms with Crippen molar-refractivity contribution >= 4 is 17.3 Å². The lowest BCUT2D eigenvalue weighted by molar-refractivity contribution is -0.384. The van der Waals surface area contributed by atoms with Gasteiger partial charge < -0.3 is 15.0 Å². The molecule has 1 aliphatic carbocycles. The Hall–Kier alpha value is -2.19. The van der Waals surface area contributed by atoms with E-state index in [1.54, 1.807) is 12.1 Å². The minimum absolute atomic E-state index is 0.0518. The number of nitro groups is 1. The molecule has 5 rings (SSSR count). The Kier molecular flexibility index (Phi) is 5.84. The fraction of sp³-hybridized carbons (Fsp3) is 0.696. The molecule has 8 heteroatoms. The van der Waals surface area contributed by atoms with E-state index in [9.17, 15) is 14.9 Å². The van der Waals surface area contributed by atoms with Crippen LogP contribution in [0.2, 0.25) is 0 Å². The number of hydrogen-bond donors (Lipinski definition) is 1. The summed E-state index contributed by atoms with van der Waals surface area (Å²) in [5.41, 5.74) is 2.07. The van der Waals surface area contributed by atoms with E-state index in [2.05, 4.69) is 15.1 Å². The topological polar surface area (TPSA) is 87.9 Å². The summed E-state index contributed by atoms with van der Waals surface area (Å²) >= 11 is 0. The summed E-state index contributed by atoms with van der Waals surface area (Å²) in [6.07, 6.45) is 7.81. The van der Waals surface area contributed by atoms with Crippen LogP contribution in [0.3, 0.4) is 0 Å². The molecule has 3 fully saturated rings. The summed E-state index contributed by atoms with van der Waals surface area (Å²) in [5.74, 6) is -0.156. The van der Waals surface area contributed by atoms with Crippen LogP contribution in [0.15, 0.2) is 18.2 Å². The average molecular weight is 429 g/mol. The Morgan fingerprint density at radius 2 is 2.03 bits per heavy atom. The Labute approximate surface area is 183 Å². The quantitative estimate of drug-likeness (QED) is 0.573. The SMILES string of the molecule is O=C(NC[C@@H]1CCCO1)[C@@H]1Cc2cc([N+](=O)[O-])ccc2N2CCN(C3CCCC3)C[C@@H]12. The molecule has 0 aromatic heterocycles. The number of nitro benzene ring substituents is 1. The molecule has 1 amide bonds. The number of rotatable bonds is 5. The highest BCUT2D eigenvalue weighted by Crippen LogP contribution is 2.39. The zero-order chi connectivity index (χ0) is 21.4. The zero-order valence-corrected chi connectivity index (χ0v) is 18.0. The Morgan fingerprint density at radius 1 is 1.19 bits per heavy atom. The lowest BCUT2D eigenvalue weighted by Crippen LogP contribution is -2.62. The van der Waals surface area contributed by atoms with Crippen LogP contribution in [0, 0.1) is 16.0 Å². The lowest BCUT2D eigenvalue weighted by atomic mass is 9.82. The van der Waals surface area contributed by atoms with Crippen molar-refractivity contribution in [2.75, 3.05) is 37.7 Å². The average Bonchev–Trinajstić information content (AvgIpc) is 3.50. The third-order valence-corrected chi connectivity index (χ3v) is 7.64. The first-order valence-electron chi connectivity index (χ1n) is 11.8. The molecule has 3 atom stereocenters. The van der Waals surface area contributed by atoms with E-state index in [4.69, 9.17) is 4.74 Å². The number of amides is 1. The molecule has 3 aliphatic heterocycles. The Morgan fingerprint density at radius 3 is 2.77 bits per heavy atom. The molecule has 1 aromatic carbocycles. The first-order chi connectivity index (χ1) is 15.1. The van der Waals surface area contributed by atoms with Gasteiger partial charge in [0.25, 0.3) is 5.69 Å². The third-order valence-electron chi connectivity index (χ3n) is 7.64. The van der Waals surface area contributed by atoms with Gasteiger partial charge in [-0.05, 0) is 43.7 Å². The molecular formula is C23H32N4O4. The number of non-ortho nitro benzene ring substituents is 1. The fourth-order valence-corrected chi connectivity index (χ4v) is 6.00. The number of hydrogen-bond acceptors (Lipinski definition) is 6. The molecule has 0 spiro atoms. The number of anilines is 1. The summed E-state index contributed by atoms with van der Waals surface area (Å²) in [6.45, 7) is 4.06. The fourth-order valence-electron chi connectivity index (χ4n) is 6.00. The van der Waals surface area contributed by atoms with Gasteiger partial charge in [-0.2, -0.15) is 0 Å². The molecule has 0 unspecified atom stereocenters. The summed E-state index contributed by atoms with van der Waals surface area (Å²) in [5, 5.41) is 14.5. The van der Waals surface area contributed by atoms with Gasteiger partial charge in [0.15, 0.2) is 0 Å². The largest absolute Gasteiger partial charge is 0.376 e. The van der Waals surface area contributed by atoms with E-state index in [0.29, 0.717) is 19.0 Å². The second-order valence-electron chi connectivity index (χ2n) is 9.45. The van der Waals surface area contributed by atoms with Gasteiger partial charge in [-0.25, -0.2) is 0 Å². The van der Waals surface area contributed by atoms with Gasteiger partial charge in [-0.1, -0.05) is 12.8 Å². The maximum absolute atomic E-state index is 13.3. The summed E-state index contributed by atoms with van der Waals surface area (Å²) < 4.78 is 5.67. The molecule has 168 valence electrons. The second-order valence-corrected chi connectivity index (χ2v) is 9.45. The van der Waals surface area contributed by atoms with Crippen molar-refractivity contribution in [1.29, 1.82) is 0 Å². The van der Waals surface area contributed by atoms with Gasteiger partial charge in [0.2, 0.25) is 5.91 Å². The third kappa shape index (κ3) is 4.15. The van der Waals surface area contributed by atoms with E-state index in [-0.39, 0.29) is 34.6 Å². The lowest BCUT2D eigenvalue weighted by Gasteiger charge is -2.50. The van der Waals surface area contributed by atoms with Crippen molar-refractivity contribution in [3.63, 3.8) is 0 Å². The van der Waals surface area contributed by atoms with Crippen LogP contribution in [-0.4, -0.2) is 66.7 Å². The molecule has 0 radical (unpaired) electrons. The zero-order valence-electron chi connectivity index (χ0n) is 18.0. The van der Waals surface area contributed by atoms with Crippen molar-refractivity contribution in [3.8, 4) is 0 Å². The minimum atomic E-state index is -0.350. The minimum Gasteiger partial charge on any atom is -0.376 e. The van der Waals surface area contributed by atoms with Crippen LogP contribution in [0.1, 0.15) is 44.1 Å². The normalized spacial score (nSPS) is 28.9. The van der Waals surface area contributed by atoms with E-state index in [1.807, 2.05) is 6.07 Å². The highest BCUT2D eigenvalue weighted by atomic mass is 16.6. The molecule has 2 saturated heterocycles. The van der Waals surface area contributed by atoms with Gasteiger partial charge in [0, 0.05) is 56.6 Å². The smallest absolute Gasteiger partial charge is 0.269 e. The standard InChI is InChI=1S/C23H32N4O4/c28-23(24-14-19-6-3-11-31-19)20-13-16-12-18(27(29)30)7-8-21(16)26-10-9-25(15-22(20)26)17-4-1-2-5-17/h7-8,12,17,19-20,22H,1-6,9-11,13-15H2,(H,24,28)/t19-,20+,22-/m0/s1. The molecule has 1 saturated carbocycles. The first kappa shape index (κ1) is 20.7. The Bertz CT molecular complexity index is 835. The number of fused-ring (bicyclic) bond motifs is 3. The van der Waals surface area contributed by atoms with Crippen LogP contribution >= 0.6 is 0 Å². The monoisotopic (exact) mass is 428 g/mol. The molecule has 1 aromatic rings. The molecule has 0 bridgehead atoms. The summed E-state index contributed by atoms with van der Waals surface area (Å²) in [4.78, 5) is 29.2. The maximum atomic E-state index is 13.3. The summed E-state index contributed by atoms with van der Waals surface area (Å²) in [6, 6.07) is 5.88. The van der Waals surface area contributed by atoms with Crippen LogP contribution in [-0.2, 0) is 16.0 Å². The van der Waals surface area contributed by atoms with Crippen molar-refractivity contribution in [2.24, 2.45) is 5.92 Å². The number of nitrogens with one attached hydrogen (secondary N) is 1. The maximum Gasteiger partial charge on any atom is 0.269 e. The van der Waals surface area contributed by atoms with E-state index < -0.39 is 0 Å². The molecular weight excluding hydrogens is 396 g/mol. The van der Waals surface area contributed by atoms with Crippen LogP contribution < -0.4 is 10.2 Å². The van der Waals surface area contributed by atoms with Gasteiger partial charge in [0.1, 0.15) is 0 Å². The predicted molar refractivity (Wildman–Crippen MR) is 117 cm³/mol. The molecule has 1 N–H and O–H groups in total. The van der Waals surface area contributed by atoms with E-state index in [0.717, 1.165) is 50.3 Å². The van der Waals surface area contributed by atoms with Gasteiger partial charge in [-0.15, -0.1) is 0 Å². The van der Waals surface area contributed by atoms with E-state index >= 15 is 0 Å². The molecule has 8 nitrogen and oxygen atoms in total. The highest BCUT2D eigenvalue weighted by Gasteiger charge is 2.43. The number of ether oxygens (including phenoxy) is 1. The first-order valence-corrected chi connectivity index (χ1v) is 11.8. The van der Waals surface area contributed by atoms with Crippen molar-refractivity contribution in [3.05, 3.63) is 33.9 Å². The molecule has 3 heterocycles. The summed E-state index contributed by atoms with van der Waals surface area (Å²) in [7, 11) is 0. The van der Waals surface area contributed by atoms with Gasteiger partial charge in [0.05, 0.1) is 23.0 Å². The number of carbonyl (C=O) groups is 1. The van der Waals surface area contributed by atoms with Crippen LogP contribution in [0.4, 0.5) is 11.4 Å². The predicted octanol–water partition coefficient (Wildman–Crippen LogP) is 2.50. The van der Waals surface area contributed by atoms with E-state index in [1.165, 1.54) is 25.7 Å². The molecule has 4 aliphatic rings. The number of piperazine rings is 1. The van der Waals surface area contributed by atoms with Crippen LogP contribution in [0.25, 0.3) is 0 Å². The second kappa shape index (κ2) is 8.74. The number of nitrogens with zero attached hydrogens (tertiary/aromatic N) is 3. The molecule has 31 heavy (non-hydrogen) atoms. The van der Waals surface area contributed by atoms with Crippen molar-refractivity contribution in [1.82, 2.24) is 10.2 Å².